The van der Waals surface area contributed by atoms with Crippen molar-refractivity contribution >= 4 is 23.4 Å². The van der Waals surface area contributed by atoms with Gasteiger partial charge in [0.1, 0.15) is 11.9 Å². The van der Waals surface area contributed by atoms with Crippen molar-refractivity contribution in [2.24, 2.45) is 0 Å². The van der Waals surface area contributed by atoms with Gasteiger partial charge < -0.3 is 15.3 Å². The average Bonchev–Trinajstić information content (AvgIpc) is 2.61. The first kappa shape index (κ1) is 17.5. The molecule has 1 atom stereocenters. The van der Waals surface area contributed by atoms with E-state index in [1.165, 1.54) is 6.20 Å². The van der Waals surface area contributed by atoms with Crippen LogP contribution in [0.4, 0.5) is 11.5 Å². The molecule has 1 aromatic heterocycles. The number of anilines is 2. The summed E-state index contributed by atoms with van der Waals surface area (Å²) >= 11 is 0. The average molecular weight is 327 g/mol. The molecule has 0 aliphatic rings. The van der Waals surface area contributed by atoms with Crippen LogP contribution in [0.1, 0.15) is 30.1 Å². The molecule has 1 amide bonds. The molecule has 0 fully saturated rings. The number of hydrogen-bond acceptors (Lipinski definition) is 4. The highest BCUT2D eigenvalue weighted by Gasteiger charge is 2.19. The number of rotatable bonds is 7. The van der Waals surface area contributed by atoms with E-state index < -0.39 is 17.9 Å². The van der Waals surface area contributed by atoms with E-state index in [9.17, 15) is 9.59 Å². The lowest BCUT2D eigenvalue weighted by molar-refractivity contribution is -0.139. The van der Waals surface area contributed by atoms with Crippen molar-refractivity contribution in [3.63, 3.8) is 0 Å². The number of nitrogens with one attached hydrogen (secondary N) is 1. The molecular weight excluding hydrogens is 306 g/mol. The topological polar surface area (TPSA) is 82.5 Å². The Morgan fingerprint density at radius 1 is 1.21 bits per heavy atom. The zero-order valence-corrected chi connectivity index (χ0v) is 13.8. The van der Waals surface area contributed by atoms with Gasteiger partial charge >= 0.3 is 5.97 Å². The lowest BCUT2D eigenvalue weighted by atomic mass is 10.1. The van der Waals surface area contributed by atoms with Crippen LogP contribution in [0.25, 0.3) is 0 Å². The first-order valence-electron chi connectivity index (χ1n) is 7.81. The van der Waals surface area contributed by atoms with Crippen LogP contribution in [0, 0.1) is 0 Å². The van der Waals surface area contributed by atoms with E-state index in [1.54, 1.807) is 12.1 Å². The summed E-state index contributed by atoms with van der Waals surface area (Å²) in [5.74, 6) is -0.767. The highest BCUT2D eigenvalue weighted by Crippen LogP contribution is 2.20. The summed E-state index contributed by atoms with van der Waals surface area (Å²) in [5, 5.41) is 11.6. The van der Waals surface area contributed by atoms with Crippen molar-refractivity contribution in [2.75, 3.05) is 11.9 Å². The second kappa shape index (κ2) is 8.10. The maximum absolute atomic E-state index is 12.2. The van der Waals surface area contributed by atoms with Crippen molar-refractivity contribution in [3.05, 3.63) is 54.2 Å². The smallest absolute Gasteiger partial charge is 0.326 e. The van der Waals surface area contributed by atoms with Gasteiger partial charge in [0.25, 0.3) is 5.91 Å². The number of carbonyl (C=O) groups excluding carboxylic acids is 1. The van der Waals surface area contributed by atoms with Gasteiger partial charge in [0.15, 0.2) is 0 Å². The molecule has 2 N–H and O–H groups in total. The second-order valence-electron chi connectivity index (χ2n) is 5.45. The highest BCUT2D eigenvalue weighted by molar-refractivity contribution is 5.96. The zero-order chi connectivity index (χ0) is 17.5. The Balaban J connectivity index is 2.08. The molecule has 1 unspecified atom stereocenters. The summed E-state index contributed by atoms with van der Waals surface area (Å²) in [4.78, 5) is 29.5. The molecule has 126 valence electrons. The number of aliphatic carboxylic acids is 1. The second-order valence-corrected chi connectivity index (χ2v) is 5.45. The molecule has 0 bridgehead atoms. The molecule has 6 heteroatoms. The summed E-state index contributed by atoms with van der Waals surface area (Å²) in [6, 6.07) is 12.2. The number of carboxylic acids is 1. The Bertz CT molecular complexity index is 686. The monoisotopic (exact) mass is 327 g/mol. The number of aromatic nitrogens is 1. The van der Waals surface area contributed by atoms with Gasteiger partial charge in [-0.2, -0.15) is 0 Å². The number of nitrogens with zero attached hydrogens (tertiary/aromatic N) is 2. The van der Waals surface area contributed by atoms with E-state index in [0.717, 1.165) is 5.69 Å². The van der Waals surface area contributed by atoms with E-state index >= 15 is 0 Å². The van der Waals surface area contributed by atoms with Crippen molar-refractivity contribution in [1.29, 1.82) is 0 Å². The maximum Gasteiger partial charge on any atom is 0.326 e. The van der Waals surface area contributed by atoms with Crippen LogP contribution in [-0.4, -0.2) is 35.1 Å². The number of carbonyl (C=O) groups is 2. The fourth-order valence-electron chi connectivity index (χ4n) is 2.29. The van der Waals surface area contributed by atoms with Gasteiger partial charge in [-0.25, -0.2) is 9.78 Å². The zero-order valence-electron chi connectivity index (χ0n) is 13.8. The SMILES string of the molecule is CCCC(NC(=O)c1ccc(N(C)c2ccccc2)nc1)C(=O)O. The predicted molar refractivity (Wildman–Crippen MR) is 92.5 cm³/mol. The molecule has 0 saturated carbocycles. The molecule has 1 aromatic carbocycles. The fourth-order valence-corrected chi connectivity index (χ4v) is 2.29. The molecule has 0 aliphatic carbocycles. The number of amides is 1. The maximum atomic E-state index is 12.2. The minimum Gasteiger partial charge on any atom is -0.480 e. The van der Waals surface area contributed by atoms with Crippen LogP contribution < -0.4 is 10.2 Å². The van der Waals surface area contributed by atoms with Crippen LogP contribution in [0.15, 0.2) is 48.7 Å². The number of para-hydroxylation sites is 1. The molecule has 0 spiro atoms. The van der Waals surface area contributed by atoms with E-state index in [4.69, 9.17) is 5.11 Å². The molecule has 6 nitrogen and oxygen atoms in total. The van der Waals surface area contributed by atoms with Gasteiger partial charge in [-0.15, -0.1) is 0 Å². The van der Waals surface area contributed by atoms with Gasteiger partial charge in [0.05, 0.1) is 5.56 Å². The lowest BCUT2D eigenvalue weighted by Gasteiger charge is -2.18. The van der Waals surface area contributed by atoms with Gasteiger partial charge in [-0.3, -0.25) is 4.79 Å². The number of hydrogen-bond donors (Lipinski definition) is 2. The third-order valence-corrected chi connectivity index (χ3v) is 3.68. The first-order chi connectivity index (χ1) is 11.5. The Morgan fingerprint density at radius 3 is 2.46 bits per heavy atom. The van der Waals surface area contributed by atoms with Crippen LogP contribution in [-0.2, 0) is 4.79 Å². The Morgan fingerprint density at radius 2 is 1.92 bits per heavy atom. The van der Waals surface area contributed by atoms with Crippen LogP contribution >= 0.6 is 0 Å². The number of pyridine rings is 1. The summed E-state index contributed by atoms with van der Waals surface area (Å²) in [6.45, 7) is 1.87. The van der Waals surface area contributed by atoms with E-state index in [1.807, 2.05) is 49.2 Å². The summed E-state index contributed by atoms with van der Waals surface area (Å²) in [6.07, 6.45) is 2.52. The third kappa shape index (κ3) is 4.32. The molecule has 24 heavy (non-hydrogen) atoms. The Hall–Kier alpha value is -2.89. The summed E-state index contributed by atoms with van der Waals surface area (Å²) in [7, 11) is 1.89. The molecule has 0 saturated heterocycles. The molecule has 0 aliphatic heterocycles. The minimum absolute atomic E-state index is 0.336. The highest BCUT2D eigenvalue weighted by atomic mass is 16.4. The quantitative estimate of drug-likeness (QED) is 0.817. The Labute approximate surface area is 141 Å². The number of carboxylic acid groups (broad SMARTS) is 1. The van der Waals surface area contributed by atoms with Gasteiger partial charge in [-0.05, 0) is 30.7 Å². The number of benzene rings is 1. The molecule has 0 radical (unpaired) electrons. The molecule has 2 aromatic rings. The van der Waals surface area contributed by atoms with Gasteiger partial charge in [0, 0.05) is 18.9 Å². The van der Waals surface area contributed by atoms with E-state index in [-0.39, 0.29) is 0 Å². The third-order valence-electron chi connectivity index (χ3n) is 3.68. The fraction of sp³-hybridized carbons (Fsp3) is 0.278. The summed E-state index contributed by atoms with van der Waals surface area (Å²) in [5.41, 5.74) is 1.32. The molecule has 2 rings (SSSR count). The Kier molecular flexibility index (Phi) is 5.89. The van der Waals surface area contributed by atoms with Crippen LogP contribution in [0.3, 0.4) is 0 Å². The normalized spacial score (nSPS) is 11.6. The van der Waals surface area contributed by atoms with E-state index in [2.05, 4.69) is 10.3 Å². The minimum atomic E-state index is -1.03. The first-order valence-corrected chi connectivity index (χ1v) is 7.81. The predicted octanol–water partition coefficient (Wildman–Crippen LogP) is 2.83. The van der Waals surface area contributed by atoms with Crippen molar-refractivity contribution in [2.45, 2.75) is 25.8 Å². The van der Waals surface area contributed by atoms with Crippen molar-refractivity contribution < 1.29 is 14.7 Å². The largest absolute Gasteiger partial charge is 0.480 e. The molecular formula is C18H21N3O3. The van der Waals surface area contributed by atoms with Crippen molar-refractivity contribution in [3.8, 4) is 0 Å². The molecule has 1 heterocycles. The van der Waals surface area contributed by atoms with Crippen molar-refractivity contribution in [1.82, 2.24) is 10.3 Å². The van der Waals surface area contributed by atoms with Gasteiger partial charge in [-0.1, -0.05) is 31.5 Å². The van der Waals surface area contributed by atoms with Gasteiger partial charge in [0.2, 0.25) is 0 Å². The van der Waals surface area contributed by atoms with Crippen LogP contribution in [0.5, 0.6) is 0 Å². The lowest BCUT2D eigenvalue weighted by Crippen LogP contribution is -2.40. The summed E-state index contributed by atoms with van der Waals surface area (Å²) < 4.78 is 0. The standard InChI is InChI=1S/C18H21N3O3/c1-3-7-15(18(23)24)20-17(22)13-10-11-16(19-12-13)21(2)14-8-5-4-6-9-14/h4-6,8-12,15H,3,7H2,1-2H3,(H,20,22)(H,23,24). The van der Waals surface area contributed by atoms with Crippen LogP contribution in [0.2, 0.25) is 0 Å². The van der Waals surface area contributed by atoms with E-state index in [0.29, 0.717) is 24.2 Å².